The molecule has 0 spiro atoms. The number of carboxylic acids is 1. The lowest BCUT2D eigenvalue weighted by molar-refractivity contribution is -0.138. The Hall–Kier alpha value is -2.13. The number of hydrogen-bond donors (Lipinski definition) is 2. The predicted molar refractivity (Wildman–Crippen MR) is 84.8 cm³/mol. The Balaban J connectivity index is 2.09. The van der Waals surface area contributed by atoms with Crippen molar-refractivity contribution < 1.29 is 23.8 Å². The van der Waals surface area contributed by atoms with E-state index in [2.05, 4.69) is 15.5 Å². The van der Waals surface area contributed by atoms with Gasteiger partial charge in [-0.1, -0.05) is 23.4 Å². The van der Waals surface area contributed by atoms with Gasteiger partial charge < -0.3 is 15.2 Å². The number of carbonyl (C=O) groups is 2. The molecule has 2 rings (SSSR count). The van der Waals surface area contributed by atoms with Gasteiger partial charge in [-0.15, -0.1) is 5.10 Å². The van der Waals surface area contributed by atoms with Gasteiger partial charge in [-0.2, -0.15) is 5.10 Å². The number of rotatable bonds is 5. The molecular formula is C13H11ClFN3O4S. The molecule has 1 aliphatic heterocycles. The van der Waals surface area contributed by atoms with Crippen LogP contribution in [0.5, 0.6) is 5.75 Å². The van der Waals surface area contributed by atoms with E-state index in [0.717, 1.165) is 11.8 Å². The molecule has 0 aromatic heterocycles. The maximum atomic E-state index is 13.7. The molecule has 1 unspecified atom stereocenters. The molecule has 0 bridgehead atoms. The summed E-state index contributed by atoms with van der Waals surface area (Å²) in [5.74, 6) is -2.23. The molecule has 0 aliphatic carbocycles. The molecule has 7 nitrogen and oxygen atoms in total. The number of amidine groups is 1. The topological polar surface area (TPSA) is 100 Å². The number of thioether (sulfide) groups is 1. The normalized spacial score (nSPS) is 19.3. The van der Waals surface area contributed by atoms with E-state index in [4.69, 9.17) is 21.4 Å². The summed E-state index contributed by atoms with van der Waals surface area (Å²) in [7, 11) is 1.32. The number of nitrogens with zero attached hydrogens (tertiary/aromatic N) is 2. The first kappa shape index (κ1) is 17.2. The smallest absolute Gasteiger partial charge is 0.305 e. The van der Waals surface area contributed by atoms with Gasteiger partial charge in [-0.25, -0.2) is 4.39 Å². The van der Waals surface area contributed by atoms with Crippen molar-refractivity contribution in [3.63, 3.8) is 0 Å². The zero-order valence-corrected chi connectivity index (χ0v) is 13.3. The molecule has 1 saturated heterocycles. The lowest BCUT2D eigenvalue weighted by atomic mass is 10.2. The second-order valence-electron chi connectivity index (χ2n) is 4.33. The van der Waals surface area contributed by atoms with Gasteiger partial charge in [-0.3, -0.25) is 9.59 Å². The average Bonchev–Trinajstić information content (AvgIpc) is 2.83. The van der Waals surface area contributed by atoms with Crippen molar-refractivity contribution in [2.45, 2.75) is 11.7 Å². The molecule has 122 valence electrons. The van der Waals surface area contributed by atoms with Gasteiger partial charge in [0.15, 0.2) is 16.7 Å². The van der Waals surface area contributed by atoms with Crippen LogP contribution in [0.3, 0.4) is 0 Å². The van der Waals surface area contributed by atoms with E-state index in [1.54, 1.807) is 0 Å². The second-order valence-corrected chi connectivity index (χ2v) is 5.90. The number of halogens is 2. The van der Waals surface area contributed by atoms with E-state index in [0.29, 0.717) is 0 Å². The van der Waals surface area contributed by atoms with Gasteiger partial charge >= 0.3 is 5.97 Å². The van der Waals surface area contributed by atoms with E-state index in [1.807, 2.05) is 0 Å². The fourth-order valence-electron chi connectivity index (χ4n) is 1.69. The molecule has 1 atom stereocenters. The average molecular weight is 360 g/mol. The Morgan fingerprint density at radius 2 is 2.35 bits per heavy atom. The fourth-order valence-corrected chi connectivity index (χ4v) is 2.81. The van der Waals surface area contributed by atoms with Gasteiger partial charge in [0.2, 0.25) is 5.91 Å². The van der Waals surface area contributed by atoms with Gasteiger partial charge in [0.1, 0.15) is 5.25 Å². The number of carbonyl (C=O) groups excluding carboxylic acids is 1. The van der Waals surface area contributed by atoms with Crippen molar-refractivity contribution in [2.75, 3.05) is 7.11 Å². The van der Waals surface area contributed by atoms with Crippen LogP contribution in [-0.2, 0) is 9.59 Å². The molecule has 23 heavy (non-hydrogen) atoms. The van der Waals surface area contributed by atoms with E-state index < -0.39 is 22.9 Å². The highest BCUT2D eigenvalue weighted by atomic mass is 35.5. The summed E-state index contributed by atoms with van der Waals surface area (Å²) in [6.45, 7) is 0. The second kappa shape index (κ2) is 7.42. The predicted octanol–water partition coefficient (Wildman–Crippen LogP) is 1.88. The molecular weight excluding hydrogens is 349 g/mol. The number of aliphatic carboxylic acids is 1. The zero-order chi connectivity index (χ0) is 17.0. The zero-order valence-electron chi connectivity index (χ0n) is 11.7. The van der Waals surface area contributed by atoms with Gasteiger partial charge in [0.05, 0.1) is 24.8 Å². The van der Waals surface area contributed by atoms with Crippen molar-refractivity contribution >= 4 is 46.6 Å². The number of ether oxygens (including phenoxy) is 1. The SMILES string of the molecule is COc1ccc(C=NN=C2NC(=O)C(CC(=O)O)S2)c(Cl)c1F. The van der Waals surface area contributed by atoms with Gasteiger partial charge in [-0.05, 0) is 12.1 Å². The molecule has 1 aromatic rings. The third-order valence-electron chi connectivity index (χ3n) is 2.78. The fraction of sp³-hybridized carbons (Fsp3) is 0.231. The molecule has 1 aliphatic rings. The maximum Gasteiger partial charge on any atom is 0.305 e. The molecule has 0 radical (unpaired) electrons. The van der Waals surface area contributed by atoms with Gasteiger partial charge in [0, 0.05) is 5.56 Å². The molecule has 1 fully saturated rings. The minimum Gasteiger partial charge on any atom is -0.494 e. The minimum absolute atomic E-state index is 0.00795. The largest absolute Gasteiger partial charge is 0.494 e. The summed E-state index contributed by atoms with van der Waals surface area (Å²) in [5, 5.41) is 17.8. The minimum atomic E-state index is -1.08. The Morgan fingerprint density at radius 3 is 3.00 bits per heavy atom. The van der Waals surface area contributed by atoms with E-state index in [1.165, 1.54) is 25.5 Å². The lowest BCUT2D eigenvalue weighted by Gasteiger charge is -2.04. The van der Waals surface area contributed by atoms with Crippen molar-refractivity contribution in [1.29, 1.82) is 0 Å². The quantitative estimate of drug-likeness (QED) is 0.617. The molecule has 2 N–H and O–H groups in total. The first-order valence-electron chi connectivity index (χ1n) is 6.24. The van der Waals surface area contributed by atoms with Crippen LogP contribution >= 0.6 is 23.4 Å². The van der Waals surface area contributed by atoms with Crippen LogP contribution in [0.1, 0.15) is 12.0 Å². The Morgan fingerprint density at radius 1 is 1.61 bits per heavy atom. The third-order valence-corrected chi connectivity index (χ3v) is 4.23. The number of nitrogens with one attached hydrogen (secondary N) is 1. The Labute approximate surface area is 139 Å². The summed E-state index contributed by atoms with van der Waals surface area (Å²) in [4.78, 5) is 22.1. The van der Waals surface area contributed by atoms with Crippen LogP contribution in [0.25, 0.3) is 0 Å². The van der Waals surface area contributed by atoms with Crippen molar-refractivity contribution in [1.82, 2.24) is 5.32 Å². The summed E-state index contributed by atoms with van der Waals surface area (Å²) in [5.41, 5.74) is 0.283. The van der Waals surface area contributed by atoms with Crippen LogP contribution in [0.4, 0.5) is 4.39 Å². The number of benzene rings is 1. The first-order chi connectivity index (χ1) is 10.9. The summed E-state index contributed by atoms with van der Waals surface area (Å²) < 4.78 is 18.5. The number of hydrogen-bond acceptors (Lipinski definition) is 6. The van der Waals surface area contributed by atoms with E-state index in [9.17, 15) is 14.0 Å². The third kappa shape index (κ3) is 4.20. The standard InChI is InChI=1S/C13H11ClFN3O4S/c1-22-7-3-2-6(10(14)11(7)15)5-16-18-13-17-12(21)8(23-13)4-9(19)20/h2-3,5,8H,4H2,1H3,(H,19,20)(H,17,18,21). The number of amides is 1. The van der Waals surface area contributed by atoms with Crippen LogP contribution in [0.15, 0.2) is 22.3 Å². The molecule has 1 aromatic carbocycles. The van der Waals surface area contributed by atoms with Crippen LogP contribution < -0.4 is 10.1 Å². The summed E-state index contributed by atoms with van der Waals surface area (Å²) in [6.07, 6.45) is 0.907. The highest BCUT2D eigenvalue weighted by Gasteiger charge is 2.32. The number of carboxylic acid groups (broad SMARTS) is 1. The van der Waals surface area contributed by atoms with Crippen molar-refractivity contribution in [2.24, 2.45) is 10.2 Å². The lowest BCUT2D eigenvalue weighted by Crippen LogP contribution is -2.26. The monoisotopic (exact) mass is 359 g/mol. The Kier molecular flexibility index (Phi) is 5.56. The summed E-state index contributed by atoms with van der Waals surface area (Å²) in [6, 6.07) is 2.90. The Bertz CT molecular complexity index is 711. The number of methoxy groups -OCH3 is 1. The highest BCUT2D eigenvalue weighted by molar-refractivity contribution is 8.15. The van der Waals surface area contributed by atoms with E-state index in [-0.39, 0.29) is 27.9 Å². The molecule has 10 heteroatoms. The highest BCUT2D eigenvalue weighted by Crippen LogP contribution is 2.27. The summed E-state index contributed by atoms with van der Waals surface area (Å²) >= 11 is 6.80. The van der Waals surface area contributed by atoms with E-state index >= 15 is 0 Å². The molecule has 1 heterocycles. The van der Waals surface area contributed by atoms with Crippen LogP contribution in [0.2, 0.25) is 5.02 Å². The van der Waals surface area contributed by atoms with Crippen LogP contribution in [-0.4, -0.2) is 40.7 Å². The first-order valence-corrected chi connectivity index (χ1v) is 7.50. The van der Waals surface area contributed by atoms with Crippen molar-refractivity contribution in [3.05, 3.63) is 28.5 Å². The molecule has 0 saturated carbocycles. The van der Waals surface area contributed by atoms with Crippen LogP contribution in [0, 0.1) is 5.82 Å². The van der Waals surface area contributed by atoms with Gasteiger partial charge in [0.25, 0.3) is 0 Å². The van der Waals surface area contributed by atoms with Crippen molar-refractivity contribution in [3.8, 4) is 5.75 Å². The maximum absolute atomic E-state index is 13.7. The molecule has 1 amide bonds.